The first-order chi connectivity index (χ1) is 9.12. The summed E-state index contributed by atoms with van der Waals surface area (Å²) in [5.74, 6) is 1.03. The standard InChI is InChI=1S/C16H20ClNO/c1-16(7-3-4-8-16)15(18-2)14-10-11-9-12(17)5-6-13(11)19-14/h5-6,9-10,15,18H,3-4,7-8H2,1-2H3. The third-order valence-corrected chi connectivity index (χ3v) is 4.75. The Morgan fingerprint density at radius 3 is 2.68 bits per heavy atom. The van der Waals surface area contributed by atoms with Crippen molar-refractivity contribution in [3.05, 3.63) is 35.0 Å². The summed E-state index contributed by atoms with van der Waals surface area (Å²) in [5.41, 5.74) is 1.22. The molecule has 3 rings (SSSR count). The number of nitrogens with one attached hydrogen (secondary N) is 1. The molecule has 2 aromatic rings. The van der Waals surface area contributed by atoms with Crippen molar-refractivity contribution in [2.24, 2.45) is 5.41 Å². The Hall–Kier alpha value is -0.990. The molecule has 0 radical (unpaired) electrons. The van der Waals surface area contributed by atoms with E-state index in [4.69, 9.17) is 16.0 Å². The first kappa shape index (κ1) is 13.0. The number of hydrogen-bond acceptors (Lipinski definition) is 2. The summed E-state index contributed by atoms with van der Waals surface area (Å²) in [5, 5.41) is 5.29. The van der Waals surface area contributed by atoms with E-state index in [1.165, 1.54) is 25.7 Å². The minimum atomic E-state index is 0.279. The molecule has 1 heterocycles. The molecule has 0 saturated heterocycles. The first-order valence-electron chi connectivity index (χ1n) is 6.99. The monoisotopic (exact) mass is 277 g/mol. The predicted octanol–water partition coefficient (Wildman–Crippen LogP) is 4.93. The molecule has 1 atom stereocenters. The Kier molecular flexibility index (Phi) is 3.32. The van der Waals surface area contributed by atoms with Gasteiger partial charge in [0, 0.05) is 10.4 Å². The van der Waals surface area contributed by atoms with Gasteiger partial charge in [0.2, 0.25) is 0 Å². The number of hydrogen-bond donors (Lipinski definition) is 1. The highest BCUT2D eigenvalue weighted by Crippen LogP contribution is 2.47. The van der Waals surface area contributed by atoms with Crippen LogP contribution in [0.4, 0.5) is 0 Å². The average molecular weight is 278 g/mol. The van der Waals surface area contributed by atoms with Gasteiger partial charge < -0.3 is 9.73 Å². The molecule has 2 nitrogen and oxygen atoms in total. The topological polar surface area (TPSA) is 25.2 Å². The van der Waals surface area contributed by atoms with Crippen LogP contribution in [0, 0.1) is 5.41 Å². The van der Waals surface area contributed by atoms with Crippen LogP contribution in [0.3, 0.4) is 0 Å². The van der Waals surface area contributed by atoms with Crippen molar-refractivity contribution in [1.29, 1.82) is 0 Å². The van der Waals surface area contributed by atoms with E-state index in [1.807, 2.05) is 25.2 Å². The fourth-order valence-electron chi connectivity index (χ4n) is 3.48. The fraction of sp³-hybridized carbons (Fsp3) is 0.500. The molecule has 0 amide bonds. The molecule has 1 saturated carbocycles. The molecule has 3 heteroatoms. The molecule has 1 aliphatic rings. The molecule has 1 fully saturated rings. The van der Waals surface area contributed by atoms with E-state index in [9.17, 15) is 0 Å². The number of halogens is 1. The van der Waals surface area contributed by atoms with Gasteiger partial charge in [-0.3, -0.25) is 0 Å². The molecule has 102 valence electrons. The highest BCUT2D eigenvalue weighted by atomic mass is 35.5. The van der Waals surface area contributed by atoms with Crippen molar-refractivity contribution in [3.8, 4) is 0 Å². The Bertz CT molecular complexity index is 583. The summed E-state index contributed by atoms with van der Waals surface area (Å²) in [6.45, 7) is 2.36. The Morgan fingerprint density at radius 1 is 1.26 bits per heavy atom. The zero-order chi connectivity index (χ0) is 13.5. The maximum Gasteiger partial charge on any atom is 0.134 e. The van der Waals surface area contributed by atoms with Crippen molar-refractivity contribution in [2.75, 3.05) is 7.05 Å². The van der Waals surface area contributed by atoms with E-state index in [0.29, 0.717) is 5.41 Å². The molecule has 1 unspecified atom stereocenters. The van der Waals surface area contributed by atoms with Crippen LogP contribution >= 0.6 is 11.6 Å². The molecule has 1 N–H and O–H groups in total. The van der Waals surface area contributed by atoms with Crippen LogP contribution in [0.2, 0.25) is 5.02 Å². The zero-order valence-corrected chi connectivity index (χ0v) is 12.3. The lowest BCUT2D eigenvalue weighted by atomic mass is 9.79. The van der Waals surface area contributed by atoms with E-state index in [1.54, 1.807) is 0 Å². The van der Waals surface area contributed by atoms with Crippen molar-refractivity contribution in [3.63, 3.8) is 0 Å². The van der Waals surface area contributed by atoms with Crippen LogP contribution in [0.1, 0.15) is 44.4 Å². The zero-order valence-electron chi connectivity index (χ0n) is 11.5. The summed E-state index contributed by atoms with van der Waals surface area (Å²) in [7, 11) is 2.02. The van der Waals surface area contributed by atoms with Gasteiger partial charge in [0.25, 0.3) is 0 Å². The second-order valence-corrected chi connectivity index (χ2v) is 6.35. The molecular formula is C16H20ClNO. The predicted molar refractivity (Wildman–Crippen MR) is 79.6 cm³/mol. The maximum absolute atomic E-state index is 6.04. The smallest absolute Gasteiger partial charge is 0.134 e. The lowest BCUT2D eigenvalue weighted by Crippen LogP contribution is -2.31. The quantitative estimate of drug-likeness (QED) is 0.861. The fourth-order valence-corrected chi connectivity index (χ4v) is 3.66. The summed E-state index contributed by atoms with van der Waals surface area (Å²) >= 11 is 6.04. The highest BCUT2D eigenvalue weighted by Gasteiger charge is 2.38. The normalized spacial score (nSPS) is 19.9. The van der Waals surface area contributed by atoms with Crippen molar-refractivity contribution >= 4 is 22.6 Å². The van der Waals surface area contributed by atoms with Crippen LogP contribution in [0.15, 0.2) is 28.7 Å². The number of rotatable bonds is 3. The lowest BCUT2D eigenvalue weighted by Gasteiger charge is -2.32. The van der Waals surface area contributed by atoms with Crippen molar-refractivity contribution in [1.82, 2.24) is 5.32 Å². The molecule has 0 spiro atoms. The molecule has 1 aromatic carbocycles. The number of furan rings is 1. The van der Waals surface area contributed by atoms with Gasteiger partial charge >= 0.3 is 0 Å². The van der Waals surface area contributed by atoms with Gasteiger partial charge in [-0.05, 0) is 49.6 Å². The van der Waals surface area contributed by atoms with Crippen LogP contribution in [-0.2, 0) is 0 Å². The van der Waals surface area contributed by atoms with Gasteiger partial charge in [0.1, 0.15) is 11.3 Å². The largest absolute Gasteiger partial charge is 0.459 e. The number of fused-ring (bicyclic) bond motifs is 1. The van der Waals surface area contributed by atoms with Crippen molar-refractivity contribution in [2.45, 2.75) is 38.6 Å². The van der Waals surface area contributed by atoms with Gasteiger partial charge in [-0.2, -0.15) is 0 Å². The minimum absolute atomic E-state index is 0.279. The third-order valence-electron chi connectivity index (χ3n) is 4.51. The molecule has 19 heavy (non-hydrogen) atoms. The van der Waals surface area contributed by atoms with E-state index in [0.717, 1.165) is 21.8 Å². The van der Waals surface area contributed by atoms with Gasteiger partial charge in [-0.25, -0.2) is 0 Å². The molecule has 0 aliphatic heterocycles. The third kappa shape index (κ3) is 2.28. The van der Waals surface area contributed by atoms with Gasteiger partial charge in [0.15, 0.2) is 0 Å². The van der Waals surface area contributed by atoms with Crippen LogP contribution in [0.5, 0.6) is 0 Å². The van der Waals surface area contributed by atoms with E-state index in [-0.39, 0.29) is 6.04 Å². The van der Waals surface area contributed by atoms with Gasteiger partial charge in [0.05, 0.1) is 6.04 Å². The lowest BCUT2D eigenvalue weighted by molar-refractivity contribution is 0.209. The molecular weight excluding hydrogens is 258 g/mol. The molecule has 1 aromatic heterocycles. The van der Waals surface area contributed by atoms with E-state index >= 15 is 0 Å². The first-order valence-corrected chi connectivity index (χ1v) is 7.36. The van der Waals surface area contributed by atoms with Crippen LogP contribution in [0.25, 0.3) is 11.0 Å². The Labute approximate surface area is 119 Å². The number of benzene rings is 1. The average Bonchev–Trinajstić information content (AvgIpc) is 2.96. The SMILES string of the molecule is CNC(c1cc2cc(Cl)ccc2o1)C1(C)CCCC1. The van der Waals surface area contributed by atoms with Gasteiger partial charge in [-0.1, -0.05) is 31.4 Å². The summed E-state index contributed by atoms with van der Waals surface area (Å²) < 4.78 is 6.03. The second kappa shape index (κ2) is 4.84. The molecule has 1 aliphatic carbocycles. The second-order valence-electron chi connectivity index (χ2n) is 5.91. The Balaban J connectivity index is 2.01. The summed E-state index contributed by atoms with van der Waals surface area (Å²) in [4.78, 5) is 0. The van der Waals surface area contributed by atoms with Crippen molar-refractivity contribution < 1.29 is 4.42 Å². The van der Waals surface area contributed by atoms with E-state index in [2.05, 4.69) is 18.3 Å². The highest BCUT2D eigenvalue weighted by molar-refractivity contribution is 6.31. The minimum Gasteiger partial charge on any atom is -0.459 e. The summed E-state index contributed by atoms with van der Waals surface area (Å²) in [6.07, 6.45) is 5.16. The maximum atomic E-state index is 6.04. The van der Waals surface area contributed by atoms with Crippen LogP contribution < -0.4 is 5.32 Å². The van der Waals surface area contributed by atoms with Gasteiger partial charge in [-0.15, -0.1) is 0 Å². The Morgan fingerprint density at radius 2 is 2.00 bits per heavy atom. The van der Waals surface area contributed by atoms with E-state index < -0.39 is 0 Å². The molecule has 0 bridgehead atoms. The van der Waals surface area contributed by atoms with Crippen LogP contribution in [-0.4, -0.2) is 7.05 Å². The summed E-state index contributed by atoms with van der Waals surface area (Å²) in [6, 6.07) is 8.20.